The number of aliphatic hydroxyl groups excluding tert-OH is 1. The highest BCUT2D eigenvalue weighted by Gasteiger charge is 2.29. The fraction of sp³-hybridized carbons (Fsp3) is 0.417. The van der Waals surface area contributed by atoms with Crippen molar-refractivity contribution in [2.45, 2.75) is 18.9 Å². The van der Waals surface area contributed by atoms with E-state index in [9.17, 15) is 9.90 Å². The fourth-order valence-electron chi connectivity index (χ4n) is 2.18. The quantitative estimate of drug-likeness (QED) is 0.787. The Kier molecular flexibility index (Phi) is 3.54. The van der Waals surface area contributed by atoms with Gasteiger partial charge in [0.15, 0.2) is 0 Å². The minimum atomic E-state index is -0.129. The average Bonchev–Trinajstić information content (AvgIpc) is 2.76. The van der Waals surface area contributed by atoms with E-state index in [1.54, 1.807) is 23.1 Å². The van der Waals surface area contributed by atoms with Crippen molar-refractivity contribution in [1.82, 2.24) is 4.90 Å². The van der Waals surface area contributed by atoms with Crippen molar-refractivity contribution in [1.29, 1.82) is 0 Å². The summed E-state index contributed by atoms with van der Waals surface area (Å²) in [4.78, 5) is 13.9. The van der Waals surface area contributed by atoms with E-state index in [0.717, 1.165) is 12.8 Å². The zero-order valence-electron chi connectivity index (χ0n) is 9.40. The molecule has 1 unspecified atom stereocenters. The summed E-state index contributed by atoms with van der Waals surface area (Å²) in [5.41, 5.74) is 6.62. The molecule has 4 nitrogen and oxygen atoms in total. The highest BCUT2D eigenvalue weighted by Crippen LogP contribution is 2.24. The summed E-state index contributed by atoms with van der Waals surface area (Å²) < 4.78 is 0. The Morgan fingerprint density at radius 3 is 3.00 bits per heavy atom. The van der Waals surface area contributed by atoms with Crippen LogP contribution >= 0.6 is 11.6 Å². The Morgan fingerprint density at radius 1 is 1.59 bits per heavy atom. The third-order valence-corrected chi connectivity index (χ3v) is 3.33. The lowest BCUT2D eigenvalue weighted by Crippen LogP contribution is -2.37. The highest BCUT2D eigenvalue weighted by molar-refractivity contribution is 6.31. The van der Waals surface area contributed by atoms with E-state index < -0.39 is 0 Å². The van der Waals surface area contributed by atoms with Gasteiger partial charge < -0.3 is 15.7 Å². The number of hydrogen-bond acceptors (Lipinski definition) is 3. The van der Waals surface area contributed by atoms with Crippen molar-refractivity contribution < 1.29 is 9.90 Å². The molecule has 1 fully saturated rings. The molecule has 1 heterocycles. The van der Waals surface area contributed by atoms with Crippen LogP contribution in [0.1, 0.15) is 23.2 Å². The van der Waals surface area contributed by atoms with Crippen molar-refractivity contribution in [3.63, 3.8) is 0 Å². The Morgan fingerprint density at radius 2 is 2.35 bits per heavy atom. The number of carbonyl (C=O) groups is 1. The molecule has 1 amide bonds. The van der Waals surface area contributed by atoms with E-state index in [2.05, 4.69) is 0 Å². The van der Waals surface area contributed by atoms with Gasteiger partial charge in [-0.1, -0.05) is 11.6 Å². The number of halogens is 1. The van der Waals surface area contributed by atoms with Gasteiger partial charge in [0.25, 0.3) is 5.91 Å². The van der Waals surface area contributed by atoms with Crippen LogP contribution < -0.4 is 5.73 Å². The fourth-order valence-corrected chi connectivity index (χ4v) is 2.36. The molecule has 92 valence electrons. The van der Waals surface area contributed by atoms with Crippen molar-refractivity contribution in [3.05, 3.63) is 28.8 Å². The highest BCUT2D eigenvalue weighted by atomic mass is 35.5. The molecule has 0 aliphatic carbocycles. The van der Waals surface area contributed by atoms with E-state index in [1.807, 2.05) is 0 Å². The van der Waals surface area contributed by atoms with Crippen LogP contribution in [0.4, 0.5) is 5.69 Å². The molecular weight excluding hydrogens is 240 g/mol. The molecule has 0 aromatic heterocycles. The van der Waals surface area contributed by atoms with Crippen molar-refractivity contribution in [2.75, 3.05) is 18.9 Å². The van der Waals surface area contributed by atoms with E-state index >= 15 is 0 Å². The van der Waals surface area contributed by atoms with Crippen LogP contribution in [-0.2, 0) is 0 Å². The number of rotatable bonds is 2. The lowest BCUT2D eigenvalue weighted by molar-refractivity contribution is 0.0678. The zero-order chi connectivity index (χ0) is 12.4. The van der Waals surface area contributed by atoms with Crippen LogP contribution in [0.2, 0.25) is 5.02 Å². The van der Waals surface area contributed by atoms with E-state index in [-0.39, 0.29) is 18.6 Å². The molecule has 3 N–H and O–H groups in total. The van der Waals surface area contributed by atoms with Crippen LogP contribution in [0, 0.1) is 0 Å². The number of anilines is 1. The van der Waals surface area contributed by atoms with Crippen molar-refractivity contribution in [3.8, 4) is 0 Å². The second-order valence-corrected chi connectivity index (χ2v) is 4.65. The van der Waals surface area contributed by atoms with Gasteiger partial charge in [0.1, 0.15) is 0 Å². The van der Waals surface area contributed by atoms with Gasteiger partial charge in [-0.2, -0.15) is 0 Å². The molecule has 0 bridgehead atoms. The minimum Gasteiger partial charge on any atom is -0.398 e. The second-order valence-electron chi connectivity index (χ2n) is 4.21. The molecule has 0 radical (unpaired) electrons. The predicted octanol–water partition coefficient (Wildman–Crippen LogP) is 1.52. The Balaban J connectivity index is 2.24. The summed E-state index contributed by atoms with van der Waals surface area (Å²) >= 11 is 5.79. The van der Waals surface area contributed by atoms with Crippen molar-refractivity contribution >= 4 is 23.2 Å². The van der Waals surface area contributed by atoms with Crippen LogP contribution in [0.15, 0.2) is 18.2 Å². The summed E-state index contributed by atoms with van der Waals surface area (Å²) in [5, 5.41) is 9.71. The number of carbonyl (C=O) groups excluding carboxylic acids is 1. The summed E-state index contributed by atoms with van der Waals surface area (Å²) in [5.74, 6) is -0.129. The first-order chi connectivity index (χ1) is 8.13. The van der Waals surface area contributed by atoms with Crippen LogP contribution in [-0.4, -0.2) is 35.1 Å². The molecule has 1 aliphatic rings. The van der Waals surface area contributed by atoms with Gasteiger partial charge in [-0.15, -0.1) is 0 Å². The van der Waals surface area contributed by atoms with Crippen molar-refractivity contribution in [2.24, 2.45) is 0 Å². The molecule has 0 spiro atoms. The first-order valence-electron chi connectivity index (χ1n) is 5.60. The first kappa shape index (κ1) is 12.2. The number of benzene rings is 1. The SMILES string of the molecule is Nc1cc(Cl)ccc1C(=O)N1CCCC1CO. The van der Waals surface area contributed by atoms with Gasteiger partial charge in [-0.05, 0) is 31.0 Å². The average molecular weight is 255 g/mol. The molecule has 5 heteroatoms. The second kappa shape index (κ2) is 4.94. The number of nitrogen functional groups attached to an aromatic ring is 1. The third kappa shape index (κ3) is 2.37. The van der Waals surface area contributed by atoms with Gasteiger partial charge in [0.2, 0.25) is 0 Å². The molecule has 1 aromatic carbocycles. The topological polar surface area (TPSA) is 66.6 Å². The molecule has 1 saturated heterocycles. The van der Waals surface area contributed by atoms with Crippen LogP contribution in [0.5, 0.6) is 0 Å². The van der Waals surface area contributed by atoms with E-state index in [4.69, 9.17) is 17.3 Å². The molecular formula is C12H15ClN2O2. The van der Waals surface area contributed by atoms with Crippen LogP contribution in [0.25, 0.3) is 0 Å². The van der Waals surface area contributed by atoms with E-state index in [0.29, 0.717) is 22.8 Å². The van der Waals surface area contributed by atoms with Gasteiger partial charge in [-0.3, -0.25) is 4.79 Å². The summed E-state index contributed by atoms with van der Waals surface area (Å²) in [6.07, 6.45) is 1.76. The minimum absolute atomic E-state index is 0.000759. The standard InChI is InChI=1S/C12H15ClN2O2/c13-8-3-4-10(11(14)6-8)12(17)15-5-1-2-9(15)7-16/h3-4,6,9,16H,1-2,5,7,14H2. The van der Waals surface area contributed by atoms with Gasteiger partial charge in [-0.25, -0.2) is 0 Å². The number of nitrogens with zero attached hydrogens (tertiary/aromatic N) is 1. The monoisotopic (exact) mass is 254 g/mol. The Hall–Kier alpha value is -1.26. The van der Waals surface area contributed by atoms with Gasteiger partial charge in [0.05, 0.1) is 18.2 Å². The normalized spacial score (nSPS) is 19.6. The maximum atomic E-state index is 12.2. The number of aliphatic hydroxyl groups is 1. The van der Waals surface area contributed by atoms with E-state index in [1.165, 1.54) is 0 Å². The molecule has 1 aliphatic heterocycles. The Bertz CT molecular complexity index is 437. The number of likely N-dealkylation sites (tertiary alicyclic amines) is 1. The maximum absolute atomic E-state index is 12.2. The largest absolute Gasteiger partial charge is 0.398 e. The lowest BCUT2D eigenvalue weighted by atomic mass is 10.1. The molecule has 1 atom stereocenters. The van der Waals surface area contributed by atoms with Gasteiger partial charge >= 0.3 is 0 Å². The predicted molar refractivity (Wildman–Crippen MR) is 67.0 cm³/mol. The molecule has 2 rings (SSSR count). The maximum Gasteiger partial charge on any atom is 0.256 e. The number of nitrogens with two attached hydrogens (primary N) is 1. The van der Waals surface area contributed by atoms with Crippen LogP contribution in [0.3, 0.4) is 0 Å². The summed E-state index contributed by atoms with van der Waals surface area (Å²) in [7, 11) is 0. The number of amides is 1. The Labute approximate surface area is 105 Å². The van der Waals surface area contributed by atoms with Gasteiger partial charge in [0, 0.05) is 17.3 Å². The smallest absolute Gasteiger partial charge is 0.256 e. The molecule has 17 heavy (non-hydrogen) atoms. The summed E-state index contributed by atoms with van der Waals surface area (Å²) in [6, 6.07) is 4.76. The summed E-state index contributed by atoms with van der Waals surface area (Å²) in [6.45, 7) is 0.672. The lowest BCUT2D eigenvalue weighted by Gasteiger charge is -2.23. The molecule has 1 aromatic rings. The zero-order valence-corrected chi connectivity index (χ0v) is 10.2. The third-order valence-electron chi connectivity index (χ3n) is 3.09. The molecule has 0 saturated carbocycles. The first-order valence-corrected chi connectivity index (χ1v) is 5.98. The number of hydrogen-bond donors (Lipinski definition) is 2.